The van der Waals surface area contributed by atoms with Crippen LogP contribution in [0.25, 0.3) is 0 Å². The van der Waals surface area contributed by atoms with Crippen molar-refractivity contribution in [1.82, 2.24) is 4.90 Å². The van der Waals surface area contributed by atoms with E-state index in [9.17, 15) is 9.59 Å². The maximum absolute atomic E-state index is 12.2. The molecule has 5 nitrogen and oxygen atoms in total. The van der Waals surface area contributed by atoms with Gasteiger partial charge >= 0.3 is 0 Å². The molecule has 3 N–H and O–H groups in total. The number of anilines is 1. The summed E-state index contributed by atoms with van der Waals surface area (Å²) in [6.45, 7) is 2.49. The number of likely N-dealkylation sites (tertiary alicyclic amines) is 1. The van der Waals surface area contributed by atoms with Gasteiger partial charge in [0.25, 0.3) is 5.91 Å². The second kappa shape index (κ2) is 8.12. The summed E-state index contributed by atoms with van der Waals surface area (Å²) in [5.74, 6) is -0.366. The van der Waals surface area contributed by atoms with Crippen LogP contribution in [-0.4, -0.2) is 29.8 Å². The second-order valence-electron chi connectivity index (χ2n) is 6.27. The van der Waals surface area contributed by atoms with Crippen LogP contribution in [0.3, 0.4) is 0 Å². The van der Waals surface area contributed by atoms with Gasteiger partial charge in [-0.3, -0.25) is 14.5 Å². The Morgan fingerprint density at radius 2 is 2.08 bits per heavy atom. The molecule has 0 saturated carbocycles. The van der Waals surface area contributed by atoms with Crippen molar-refractivity contribution in [3.63, 3.8) is 0 Å². The van der Waals surface area contributed by atoms with E-state index in [1.807, 2.05) is 29.6 Å². The summed E-state index contributed by atoms with van der Waals surface area (Å²) < 4.78 is 0.934. The van der Waals surface area contributed by atoms with Gasteiger partial charge in [0.2, 0.25) is 5.91 Å². The molecule has 2 aromatic rings. The average Bonchev–Trinajstić information content (AvgIpc) is 3.03. The summed E-state index contributed by atoms with van der Waals surface area (Å²) in [5.41, 5.74) is 8.00. The highest BCUT2D eigenvalue weighted by molar-refractivity contribution is 9.11. The summed E-state index contributed by atoms with van der Waals surface area (Å²) in [7, 11) is 0. The van der Waals surface area contributed by atoms with Gasteiger partial charge in [0, 0.05) is 24.2 Å². The van der Waals surface area contributed by atoms with Crippen LogP contribution in [0.5, 0.6) is 0 Å². The lowest BCUT2D eigenvalue weighted by molar-refractivity contribution is -0.123. The number of hydrogen-bond acceptors (Lipinski definition) is 4. The molecule has 1 aliphatic heterocycles. The molecule has 2 amide bonds. The Morgan fingerprint density at radius 3 is 2.72 bits per heavy atom. The van der Waals surface area contributed by atoms with Crippen LogP contribution < -0.4 is 11.1 Å². The summed E-state index contributed by atoms with van der Waals surface area (Å²) in [6.07, 6.45) is 1.88. The summed E-state index contributed by atoms with van der Waals surface area (Å²) in [5, 5.41) is 4.72. The fourth-order valence-electron chi connectivity index (χ4n) is 3.02. The van der Waals surface area contributed by atoms with Gasteiger partial charge in [0.1, 0.15) is 0 Å². The molecule has 1 aromatic heterocycles. The lowest BCUT2D eigenvalue weighted by Crippen LogP contribution is -2.40. The third-order valence-electron chi connectivity index (χ3n) is 4.36. The third-order valence-corrected chi connectivity index (χ3v) is 5.86. The van der Waals surface area contributed by atoms with Crippen LogP contribution in [0, 0.1) is 5.92 Å². The fourth-order valence-corrected chi connectivity index (χ4v) is 4.15. The van der Waals surface area contributed by atoms with Crippen molar-refractivity contribution in [1.29, 1.82) is 0 Å². The minimum absolute atomic E-state index is 0.0442. The number of nitrogens with one attached hydrogen (secondary N) is 1. The number of carbonyl (C=O) groups excluding carboxylic acids is 2. The predicted octanol–water partition coefficient (Wildman–Crippen LogP) is 3.46. The lowest BCUT2D eigenvalue weighted by atomic mass is 9.97. The van der Waals surface area contributed by atoms with E-state index in [4.69, 9.17) is 5.73 Å². The minimum atomic E-state index is -0.206. The first-order valence-corrected chi connectivity index (χ1v) is 9.84. The van der Waals surface area contributed by atoms with Gasteiger partial charge in [-0.15, -0.1) is 11.3 Å². The highest BCUT2D eigenvalue weighted by atomic mass is 79.9. The molecular formula is C18H20BrN3O2S. The average molecular weight is 422 g/mol. The molecule has 0 radical (unpaired) electrons. The standard InChI is InChI=1S/C18H20BrN3O2S/c19-16-8-14(11-25-16)18(24)21-15-5-3-12(4-6-15)9-22-7-1-2-13(10-22)17(20)23/h3-6,8,11,13H,1-2,7,9-10H2,(H2,20,23)(H,21,24)/t13-/m1/s1. The largest absolute Gasteiger partial charge is 0.369 e. The molecule has 0 aliphatic carbocycles. The van der Waals surface area contributed by atoms with E-state index in [2.05, 4.69) is 26.1 Å². The quantitative estimate of drug-likeness (QED) is 0.775. The predicted molar refractivity (Wildman–Crippen MR) is 104 cm³/mol. The first-order chi connectivity index (χ1) is 12.0. The number of carbonyl (C=O) groups is 2. The number of halogens is 1. The molecule has 0 bridgehead atoms. The number of nitrogens with zero attached hydrogens (tertiary/aromatic N) is 1. The van der Waals surface area contributed by atoms with Gasteiger partial charge in [-0.25, -0.2) is 0 Å². The van der Waals surface area contributed by atoms with Crippen LogP contribution in [0.15, 0.2) is 39.5 Å². The SMILES string of the molecule is NC(=O)[C@@H]1CCCN(Cc2ccc(NC(=O)c3csc(Br)c3)cc2)C1. The maximum Gasteiger partial charge on any atom is 0.256 e. The van der Waals surface area contributed by atoms with Crippen LogP contribution >= 0.6 is 27.3 Å². The molecule has 3 rings (SSSR count). The van der Waals surface area contributed by atoms with Gasteiger partial charge in [-0.2, -0.15) is 0 Å². The summed E-state index contributed by atoms with van der Waals surface area (Å²) in [6, 6.07) is 9.63. The Bertz CT molecular complexity index is 760. The smallest absolute Gasteiger partial charge is 0.256 e. The van der Waals surface area contributed by atoms with Gasteiger partial charge in [0.05, 0.1) is 15.3 Å². The molecule has 132 valence electrons. The Labute approximate surface area is 159 Å². The molecule has 1 aliphatic rings. The van der Waals surface area contributed by atoms with Crippen molar-refractivity contribution < 1.29 is 9.59 Å². The number of piperidine rings is 1. The number of amides is 2. The molecule has 1 saturated heterocycles. The number of primary amides is 1. The van der Waals surface area contributed by atoms with E-state index in [-0.39, 0.29) is 17.7 Å². The Hall–Kier alpha value is -1.70. The highest BCUT2D eigenvalue weighted by Gasteiger charge is 2.23. The molecule has 7 heteroatoms. The summed E-state index contributed by atoms with van der Waals surface area (Å²) in [4.78, 5) is 25.8. The van der Waals surface area contributed by atoms with Gasteiger partial charge in [-0.1, -0.05) is 12.1 Å². The summed E-state index contributed by atoms with van der Waals surface area (Å²) >= 11 is 4.85. The van der Waals surface area contributed by atoms with Crippen molar-refractivity contribution in [2.24, 2.45) is 11.7 Å². The fraction of sp³-hybridized carbons (Fsp3) is 0.333. The van der Waals surface area contributed by atoms with E-state index in [1.54, 1.807) is 6.07 Å². The number of benzene rings is 1. The van der Waals surface area contributed by atoms with Crippen molar-refractivity contribution in [3.05, 3.63) is 50.6 Å². The van der Waals surface area contributed by atoms with E-state index in [0.717, 1.165) is 47.5 Å². The number of rotatable bonds is 5. The molecule has 0 spiro atoms. The topological polar surface area (TPSA) is 75.4 Å². The Kier molecular flexibility index (Phi) is 5.88. The Balaban J connectivity index is 1.57. The molecule has 1 fully saturated rings. The minimum Gasteiger partial charge on any atom is -0.369 e. The van der Waals surface area contributed by atoms with E-state index in [0.29, 0.717) is 5.56 Å². The van der Waals surface area contributed by atoms with E-state index >= 15 is 0 Å². The third kappa shape index (κ3) is 4.90. The van der Waals surface area contributed by atoms with Crippen molar-refractivity contribution in [2.75, 3.05) is 18.4 Å². The zero-order valence-electron chi connectivity index (χ0n) is 13.7. The maximum atomic E-state index is 12.2. The van der Waals surface area contributed by atoms with Gasteiger partial charge in [0.15, 0.2) is 0 Å². The molecule has 2 heterocycles. The zero-order valence-corrected chi connectivity index (χ0v) is 16.1. The number of thiophene rings is 1. The number of hydrogen-bond donors (Lipinski definition) is 2. The van der Waals surface area contributed by atoms with Crippen LogP contribution in [0.2, 0.25) is 0 Å². The first kappa shape index (κ1) is 18.1. The molecule has 25 heavy (non-hydrogen) atoms. The second-order valence-corrected chi connectivity index (χ2v) is 8.56. The van der Waals surface area contributed by atoms with Crippen molar-refractivity contribution in [2.45, 2.75) is 19.4 Å². The van der Waals surface area contributed by atoms with Gasteiger partial charge < -0.3 is 11.1 Å². The van der Waals surface area contributed by atoms with Crippen molar-refractivity contribution in [3.8, 4) is 0 Å². The monoisotopic (exact) mass is 421 g/mol. The highest BCUT2D eigenvalue weighted by Crippen LogP contribution is 2.22. The van der Waals surface area contributed by atoms with Crippen LogP contribution in [0.1, 0.15) is 28.8 Å². The molecular weight excluding hydrogens is 402 g/mol. The number of nitrogens with two attached hydrogens (primary N) is 1. The van der Waals surface area contributed by atoms with Gasteiger partial charge in [-0.05, 0) is 59.1 Å². The van der Waals surface area contributed by atoms with Crippen LogP contribution in [-0.2, 0) is 11.3 Å². The molecule has 1 atom stereocenters. The van der Waals surface area contributed by atoms with E-state index < -0.39 is 0 Å². The normalized spacial score (nSPS) is 18.0. The lowest BCUT2D eigenvalue weighted by Gasteiger charge is -2.31. The van der Waals surface area contributed by atoms with Crippen molar-refractivity contribution >= 4 is 44.8 Å². The van der Waals surface area contributed by atoms with Crippen LogP contribution in [0.4, 0.5) is 5.69 Å². The zero-order chi connectivity index (χ0) is 17.8. The van der Waals surface area contributed by atoms with E-state index in [1.165, 1.54) is 11.3 Å². The first-order valence-electron chi connectivity index (χ1n) is 8.17. The Morgan fingerprint density at radius 1 is 1.32 bits per heavy atom. The molecule has 0 unspecified atom stereocenters. The molecule has 1 aromatic carbocycles.